The number of fused-ring (bicyclic) bond motifs is 1. The van der Waals surface area contributed by atoms with E-state index < -0.39 is 0 Å². The minimum Gasteiger partial charge on any atom is -0.340 e. The summed E-state index contributed by atoms with van der Waals surface area (Å²) in [6.07, 6.45) is 8.23. The van der Waals surface area contributed by atoms with Crippen molar-refractivity contribution in [3.63, 3.8) is 0 Å². The van der Waals surface area contributed by atoms with Gasteiger partial charge in [0.05, 0.1) is 17.7 Å². The number of hydrogen-bond donors (Lipinski definition) is 1. The van der Waals surface area contributed by atoms with Gasteiger partial charge >= 0.3 is 0 Å². The predicted octanol–water partition coefficient (Wildman–Crippen LogP) is 5.20. The Morgan fingerprint density at radius 2 is 2.19 bits per heavy atom. The van der Waals surface area contributed by atoms with E-state index in [9.17, 15) is 4.79 Å². The first-order valence-corrected chi connectivity index (χ1v) is 11.3. The Morgan fingerprint density at radius 3 is 2.94 bits per heavy atom. The lowest BCUT2D eigenvalue weighted by molar-refractivity contribution is 0.0784. The van der Waals surface area contributed by atoms with E-state index in [1.54, 1.807) is 17.2 Å². The zero-order valence-corrected chi connectivity index (χ0v) is 18.6. The van der Waals surface area contributed by atoms with Gasteiger partial charge in [-0.15, -0.1) is 0 Å². The standard InChI is InChI=1S/C26H27N5O/c1-26(2)9-6-18(7-10-26)23-13-19-12-20(15-28-24(19)30-23)21-4-3-5-22(29-21)25(32)31-11-8-17(14-27)16-31/h3-6,12-13,15,17H,7-11,16H2,1-2H3,(H,28,30). The highest BCUT2D eigenvalue weighted by atomic mass is 16.2. The van der Waals surface area contributed by atoms with Gasteiger partial charge in [0.2, 0.25) is 0 Å². The van der Waals surface area contributed by atoms with Crippen molar-refractivity contribution in [1.29, 1.82) is 5.26 Å². The quantitative estimate of drug-likeness (QED) is 0.625. The average Bonchev–Trinajstić information content (AvgIpc) is 3.45. The van der Waals surface area contributed by atoms with Crippen LogP contribution < -0.4 is 0 Å². The Hall–Kier alpha value is -3.46. The van der Waals surface area contributed by atoms with Crippen molar-refractivity contribution in [3.05, 3.63) is 54.0 Å². The minimum atomic E-state index is -0.116. The van der Waals surface area contributed by atoms with Crippen LogP contribution in [0.5, 0.6) is 0 Å². The number of H-pyrrole nitrogens is 1. The van der Waals surface area contributed by atoms with E-state index in [0.29, 0.717) is 24.2 Å². The highest BCUT2D eigenvalue weighted by Gasteiger charge is 2.27. The van der Waals surface area contributed by atoms with E-state index in [1.165, 1.54) is 12.0 Å². The van der Waals surface area contributed by atoms with Crippen molar-refractivity contribution in [1.82, 2.24) is 19.9 Å². The third-order valence-corrected chi connectivity index (χ3v) is 6.71. The number of aromatic amines is 1. The topological polar surface area (TPSA) is 85.7 Å². The maximum absolute atomic E-state index is 12.9. The first-order valence-electron chi connectivity index (χ1n) is 11.3. The van der Waals surface area contributed by atoms with E-state index >= 15 is 0 Å². The van der Waals surface area contributed by atoms with Crippen molar-refractivity contribution in [2.24, 2.45) is 11.3 Å². The number of carbonyl (C=O) groups excluding carboxylic acids is 1. The fourth-order valence-corrected chi connectivity index (χ4v) is 4.58. The van der Waals surface area contributed by atoms with Gasteiger partial charge < -0.3 is 9.88 Å². The van der Waals surface area contributed by atoms with E-state index in [4.69, 9.17) is 5.26 Å². The Bertz CT molecular complexity index is 1260. The second kappa shape index (κ2) is 7.90. The molecule has 3 aromatic rings. The molecule has 4 heterocycles. The minimum absolute atomic E-state index is 0.0816. The highest BCUT2D eigenvalue weighted by Crippen LogP contribution is 2.38. The zero-order valence-electron chi connectivity index (χ0n) is 18.6. The molecule has 1 unspecified atom stereocenters. The lowest BCUT2D eigenvalue weighted by Gasteiger charge is -2.28. The normalized spacial score (nSPS) is 20.2. The number of aromatic nitrogens is 3. The molecular formula is C26H27N5O. The lowest BCUT2D eigenvalue weighted by Crippen LogP contribution is -2.29. The Morgan fingerprint density at radius 1 is 1.31 bits per heavy atom. The molecule has 1 atom stereocenters. The second-order valence-corrected chi connectivity index (χ2v) is 9.72. The number of carbonyl (C=O) groups is 1. The second-order valence-electron chi connectivity index (χ2n) is 9.72. The van der Waals surface area contributed by atoms with Crippen LogP contribution in [0.25, 0.3) is 27.9 Å². The molecule has 0 saturated carbocycles. The number of allylic oxidation sites excluding steroid dienone is 2. The first kappa shape index (κ1) is 20.4. The predicted molar refractivity (Wildman–Crippen MR) is 125 cm³/mol. The molecule has 6 heteroatoms. The molecule has 1 aliphatic carbocycles. The number of nitriles is 1. The van der Waals surface area contributed by atoms with Crippen LogP contribution in [0.2, 0.25) is 0 Å². The molecule has 5 rings (SSSR count). The number of nitrogens with one attached hydrogen (secondary N) is 1. The molecule has 32 heavy (non-hydrogen) atoms. The summed E-state index contributed by atoms with van der Waals surface area (Å²) in [7, 11) is 0. The fourth-order valence-electron chi connectivity index (χ4n) is 4.58. The summed E-state index contributed by atoms with van der Waals surface area (Å²) in [4.78, 5) is 27.3. The van der Waals surface area contributed by atoms with Crippen LogP contribution in [0.1, 0.15) is 55.7 Å². The summed E-state index contributed by atoms with van der Waals surface area (Å²) in [5.74, 6) is -0.198. The molecule has 0 spiro atoms. The van der Waals surface area contributed by atoms with Crippen LogP contribution in [0.3, 0.4) is 0 Å². The average molecular weight is 426 g/mol. The zero-order chi connectivity index (χ0) is 22.3. The molecular weight excluding hydrogens is 398 g/mol. The smallest absolute Gasteiger partial charge is 0.272 e. The molecule has 3 aromatic heterocycles. The van der Waals surface area contributed by atoms with Gasteiger partial charge in [0.25, 0.3) is 5.91 Å². The first-order chi connectivity index (χ1) is 15.4. The molecule has 1 N–H and O–H groups in total. The SMILES string of the molecule is CC1(C)CC=C(c2cc3cc(-c4cccc(C(=O)N5CCC(C#N)C5)n4)cnc3[nH]2)CC1. The summed E-state index contributed by atoms with van der Waals surface area (Å²) in [6, 6.07) is 12.0. The Balaban J connectivity index is 1.41. The number of likely N-dealkylation sites (tertiary alicyclic amines) is 1. The summed E-state index contributed by atoms with van der Waals surface area (Å²) < 4.78 is 0. The van der Waals surface area contributed by atoms with Gasteiger partial charge in [0.15, 0.2) is 0 Å². The maximum atomic E-state index is 12.9. The summed E-state index contributed by atoms with van der Waals surface area (Å²) in [5, 5.41) is 10.1. The van der Waals surface area contributed by atoms with E-state index in [-0.39, 0.29) is 11.8 Å². The van der Waals surface area contributed by atoms with Gasteiger partial charge in [0.1, 0.15) is 11.3 Å². The molecule has 6 nitrogen and oxygen atoms in total. The molecule has 1 saturated heterocycles. The van der Waals surface area contributed by atoms with E-state index in [1.807, 2.05) is 12.1 Å². The third-order valence-electron chi connectivity index (χ3n) is 6.71. The molecule has 162 valence electrons. The molecule has 1 amide bonds. The molecule has 0 aromatic carbocycles. The molecule has 0 radical (unpaired) electrons. The number of pyridine rings is 2. The summed E-state index contributed by atoms with van der Waals surface area (Å²) >= 11 is 0. The highest BCUT2D eigenvalue weighted by molar-refractivity contribution is 5.93. The number of nitrogens with zero attached hydrogens (tertiary/aromatic N) is 4. The van der Waals surface area contributed by atoms with Gasteiger partial charge in [0, 0.05) is 35.9 Å². The molecule has 0 bridgehead atoms. The van der Waals surface area contributed by atoms with Crippen LogP contribution in [-0.2, 0) is 0 Å². The Kier molecular flexibility index (Phi) is 5.05. The van der Waals surface area contributed by atoms with Crippen LogP contribution >= 0.6 is 0 Å². The van der Waals surface area contributed by atoms with Crippen LogP contribution in [0.15, 0.2) is 42.6 Å². The van der Waals surface area contributed by atoms with E-state index in [2.05, 4.69) is 53.1 Å². The van der Waals surface area contributed by atoms with Gasteiger partial charge in [-0.25, -0.2) is 9.97 Å². The van der Waals surface area contributed by atoms with Crippen molar-refractivity contribution >= 4 is 22.5 Å². The van der Waals surface area contributed by atoms with Crippen molar-refractivity contribution in [3.8, 4) is 17.3 Å². The maximum Gasteiger partial charge on any atom is 0.272 e. The summed E-state index contributed by atoms with van der Waals surface area (Å²) in [6.45, 7) is 5.72. The van der Waals surface area contributed by atoms with Crippen molar-refractivity contribution < 1.29 is 4.79 Å². The Labute approximate surface area is 188 Å². The largest absolute Gasteiger partial charge is 0.340 e. The fraction of sp³-hybridized carbons (Fsp3) is 0.385. The van der Waals surface area contributed by atoms with Gasteiger partial charge in [-0.1, -0.05) is 26.0 Å². The van der Waals surface area contributed by atoms with Gasteiger partial charge in [-0.2, -0.15) is 5.26 Å². The van der Waals surface area contributed by atoms with Crippen molar-refractivity contribution in [2.45, 2.75) is 39.5 Å². The lowest BCUT2D eigenvalue weighted by atomic mass is 9.78. The van der Waals surface area contributed by atoms with Crippen LogP contribution in [0.4, 0.5) is 0 Å². The molecule has 1 fully saturated rings. The monoisotopic (exact) mass is 425 g/mol. The molecule has 2 aliphatic rings. The van der Waals surface area contributed by atoms with E-state index in [0.717, 1.165) is 47.2 Å². The number of hydrogen-bond acceptors (Lipinski definition) is 4. The molecule has 1 aliphatic heterocycles. The summed E-state index contributed by atoms with van der Waals surface area (Å²) in [5.41, 5.74) is 5.75. The number of amides is 1. The van der Waals surface area contributed by atoms with Gasteiger partial charge in [-0.3, -0.25) is 4.79 Å². The van der Waals surface area contributed by atoms with Crippen molar-refractivity contribution in [2.75, 3.05) is 13.1 Å². The third kappa shape index (κ3) is 3.91. The van der Waals surface area contributed by atoms with Crippen LogP contribution in [-0.4, -0.2) is 38.8 Å². The van der Waals surface area contributed by atoms with Gasteiger partial charge in [-0.05, 0) is 60.9 Å². The van der Waals surface area contributed by atoms with Crippen LogP contribution in [0, 0.1) is 22.7 Å². The number of rotatable bonds is 3.